The van der Waals surface area contributed by atoms with Crippen LogP contribution in [0.4, 0.5) is 0 Å². The third-order valence-corrected chi connectivity index (χ3v) is 5.43. The summed E-state index contributed by atoms with van der Waals surface area (Å²) in [5.41, 5.74) is 5.49. The fraction of sp³-hybridized carbons (Fsp3) is 0.400. The number of nitrogens with one attached hydrogen (secondary N) is 1. The van der Waals surface area contributed by atoms with Crippen LogP contribution in [0.3, 0.4) is 0 Å². The Balaban J connectivity index is 0.000000203. The summed E-state index contributed by atoms with van der Waals surface area (Å²) < 4.78 is 0. The Morgan fingerprint density at radius 3 is 2.25 bits per heavy atom. The average Bonchev–Trinajstić information content (AvgIpc) is 3.32. The second kappa shape index (κ2) is 14.2. The molecule has 0 spiro atoms. The molecule has 172 valence electrons. The van der Waals surface area contributed by atoms with E-state index in [2.05, 4.69) is 47.4 Å². The number of hydrogen-bond acceptors (Lipinski definition) is 7. The number of nitrogens with zero attached hydrogens (tertiary/aromatic N) is 2. The van der Waals surface area contributed by atoms with Crippen LogP contribution < -0.4 is 5.48 Å². The van der Waals surface area contributed by atoms with Crippen molar-refractivity contribution in [2.24, 2.45) is 11.1 Å². The van der Waals surface area contributed by atoms with Crippen molar-refractivity contribution in [2.75, 3.05) is 27.2 Å². The van der Waals surface area contributed by atoms with Gasteiger partial charge in [0.25, 0.3) is 0 Å². The molecule has 4 rings (SSSR count). The number of carbonyl (C=O) groups is 2. The van der Waals surface area contributed by atoms with Gasteiger partial charge in [-0.25, -0.2) is 5.48 Å². The molecule has 0 bridgehead atoms. The predicted molar refractivity (Wildman–Crippen MR) is 125 cm³/mol. The molecule has 1 unspecified atom stereocenters. The molecule has 0 aliphatic carbocycles. The number of carbonyl (C=O) groups excluding carboxylic acids is 2. The number of hydrogen-bond donors (Lipinski definition) is 2. The highest BCUT2D eigenvalue weighted by Gasteiger charge is 2.21. The van der Waals surface area contributed by atoms with E-state index < -0.39 is 6.10 Å². The zero-order valence-corrected chi connectivity index (χ0v) is 18.8. The standard InChI is InChI=1S/C13H19N.C11H9NO3.CH5NO/c1-14-9-7-13(8-10-14)11-12-5-3-2-4-6-12;13-6-8-1-3-9(4-2-8)11-5-10(7-14)15-12-11;1-2-3/h2-6,13H,7-11H2,1H3;1-4,6-7,10H,5H2;2-3H,1H3. The lowest BCUT2D eigenvalue weighted by molar-refractivity contribution is -0.116. The Kier molecular flexibility index (Phi) is 11.3. The second-order valence-corrected chi connectivity index (χ2v) is 7.92. The van der Waals surface area contributed by atoms with Crippen LogP contribution in [0.2, 0.25) is 0 Å². The highest BCUT2D eigenvalue weighted by Crippen LogP contribution is 2.20. The van der Waals surface area contributed by atoms with Gasteiger partial charge in [-0.2, -0.15) is 0 Å². The van der Waals surface area contributed by atoms with Crippen molar-refractivity contribution < 1.29 is 19.6 Å². The van der Waals surface area contributed by atoms with Crippen LogP contribution in [-0.4, -0.2) is 61.7 Å². The normalized spacial score (nSPS) is 18.2. The number of rotatable bonds is 5. The lowest BCUT2D eigenvalue weighted by Gasteiger charge is -2.28. The van der Waals surface area contributed by atoms with E-state index in [1.807, 2.05) is 0 Å². The highest BCUT2D eigenvalue weighted by atomic mass is 16.6. The van der Waals surface area contributed by atoms with Gasteiger partial charge in [-0.15, -0.1) is 0 Å². The molecule has 2 aliphatic heterocycles. The Morgan fingerprint density at radius 2 is 1.72 bits per heavy atom. The quantitative estimate of drug-likeness (QED) is 0.548. The minimum absolute atomic E-state index is 0.467. The summed E-state index contributed by atoms with van der Waals surface area (Å²) in [5.74, 6) is 0.911. The molecule has 0 aromatic heterocycles. The monoisotopic (exact) mass is 439 g/mol. The van der Waals surface area contributed by atoms with Gasteiger partial charge in [0.05, 0.1) is 5.71 Å². The van der Waals surface area contributed by atoms with E-state index >= 15 is 0 Å². The molecule has 0 radical (unpaired) electrons. The molecule has 0 saturated carbocycles. The summed E-state index contributed by atoms with van der Waals surface area (Å²) in [7, 11) is 3.65. The molecule has 2 aliphatic rings. The smallest absolute Gasteiger partial charge is 0.187 e. The summed E-state index contributed by atoms with van der Waals surface area (Å²) in [6.45, 7) is 2.55. The van der Waals surface area contributed by atoms with Gasteiger partial charge < -0.3 is 14.9 Å². The van der Waals surface area contributed by atoms with Crippen molar-refractivity contribution in [2.45, 2.75) is 31.8 Å². The zero-order valence-electron chi connectivity index (χ0n) is 18.8. The number of benzene rings is 2. The Morgan fingerprint density at radius 1 is 1.09 bits per heavy atom. The van der Waals surface area contributed by atoms with Gasteiger partial charge in [-0.3, -0.25) is 9.59 Å². The fourth-order valence-electron chi connectivity index (χ4n) is 3.61. The Hall–Kier alpha value is -2.87. The maximum absolute atomic E-state index is 10.4. The SMILES string of the molecule is CN1CCC(Cc2ccccc2)CC1.CNO.O=Cc1ccc(C2=NOC(C=O)C2)cc1. The van der Waals surface area contributed by atoms with Crippen LogP contribution >= 0.6 is 0 Å². The maximum atomic E-state index is 10.4. The molecule has 2 heterocycles. The summed E-state index contributed by atoms with van der Waals surface area (Å²) >= 11 is 0. The molecule has 2 N–H and O–H groups in total. The fourth-order valence-corrected chi connectivity index (χ4v) is 3.61. The third kappa shape index (κ3) is 8.70. The van der Waals surface area contributed by atoms with E-state index in [0.29, 0.717) is 12.0 Å². The van der Waals surface area contributed by atoms with Gasteiger partial charge in [-0.1, -0.05) is 59.8 Å². The van der Waals surface area contributed by atoms with Gasteiger partial charge in [-0.05, 0) is 56.4 Å². The first kappa shape index (κ1) is 25.4. The summed E-state index contributed by atoms with van der Waals surface area (Å²) in [5, 5.41) is 11.1. The molecular weight excluding hydrogens is 406 g/mol. The van der Waals surface area contributed by atoms with E-state index in [9.17, 15) is 9.59 Å². The number of aldehydes is 2. The number of hydroxylamine groups is 1. The lowest BCUT2D eigenvalue weighted by Crippen LogP contribution is -2.30. The second-order valence-electron chi connectivity index (χ2n) is 7.92. The average molecular weight is 440 g/mol. The first-order chi connectivity index (χ1) is 15.6. The first-order valence-corrected chi connectivity index (χ1v) is 10.9. The summed E-state index contributed by atoms with van der Waals surface area (Å²) in [4.78, 5) is 28.2. The van der Waals surface area contributed by atoms with E-state index in [4.69, 9.17) is 10.0 Å². The van der Waals surface area contributed by atoms with Crippen LogP contribution in [0.1, 0.15) is 40.7 Å². The molecule has 2 aromatic rings. The van der Waals surface area contributed by atoms with Gasteiger partial charge in [0.15, 0.2) is 12.4 Å². The van der Waals surface area contributed by atoms with Gasteiger partial charge in [0.1, 0.15) is 6.29 Å². The zero-order chi connectivity index (χ0) is 23.2. The topological polar surface area (TPSA) is 91.2 Å². The van der Waals surface area contributed by atoms with Crippen LogP contribution in [0.5, 0.6) is 0 Å². The molecule has 1 atom stereocenters. The molecule has 1 saturated heterocycles. The van der Waals surface area contributed by atoms with Crippen LogP contribution in [0, 0.1) is 5.92 Å². The van der Waals surface area contributed by atoms with Gasteiger partial charge in [0, 0.05) is 19.0 Å². The number of piperidine rings is 1. The highest BCUT2D eigenvalue weighted by molar-refractivity contribution is 6.02. The molecular formula is C25H33N3O4. The van der Waals surface area contributed by atoms with Crippen LogP contribution in [0.25, 0.3) is 0 Å². The Labute approximate surface area is 190 Å². The summed E-state index contributed by atoms with van der Waals surface area (Å²) in [6.07, 6.45) is 5.54. The first-order valence-electron chi connectivity index (χ1n) is 10.9. The van der Waals surface area contributed by atoms with E-state index in [1.165, 1.54) is 45.0 Å². The summed E-state index contributed by atoms with van der Waals surface area (Å²) in [6, 6.07) is 17.9. The number of oxime groups is 1. The van der Waals surface area contributed by atoms with Crippen molar-refractivity contribution >= 4 is 18.3 Å². The van der Waals surface area contributed by atoms with E-state index in [0.717, 1.165) is 29.8 Å². The van der Waals surface area contributed by atoms with Crippen LogP contribution in [-0.2, 0) is 16.1 Å². The molecule has 0 amide bonds. The van der Waals surface area contributed by atoms with E-state index in [1.54, 1.807) is 29.7 Å². The predicted octanol–water partition coefficient (Wildman–Crippen LogP) is 3.36. The van der Waals surface area contributed by atoms with Crippen molar-refractivity contribution in [3.05, 3.63) is 71.3 Å². The Bertz CT molecular complexity index is 832. The molecule has 2 aromatic carbocycles. The molecule has 7 heteroatoms. The molecule has 7 nitrogen and oxygen atoms in total. The minimum atomic E-state index is -0.467. The van der Waals surface area contributed by atoms with Crippen molar-refractivity contribution in [1.82, 2.24) is 10.4 Å². The van der Waals surface area contributed by atoms with Crippen molar-refractivity contribution in [1.29, 1.82) is 0 Å². The minimum Gasteiger partial charge on any atom is -0.384 e. The largest absolute Gasteiger partial charge is 0.384 e. The van der Waals surface area contributed by atoms with E-state index in [-0.39, 0.29) is 0 Å². The molecule has 1 fully saturated rings. The third-order valence-electron chi connectivity index (χ3n) is 5.43. The van der Waals surface area contributed by atoms with Gasteiger partial charge >= 0.3 is 0 Å². The molecule has 32 heavy (non-hydrogen) atoms. The number of likely N-dealkylation sites (tertiary alicyclic amines) is 1. The van der Waals surface area contributed by atoms with Crippen molar-refractivity contribution in [3.63, 3.8) is 0 Å². The lowest BCUT2D eigenvalue weighted by atomic mass is 9.90. The van der Waals surface area contributed by atoms with Gasteiger partial charge in [0.2, 0.25) is 0 Å². The maximum Gasteiger partial charge on any atom is 0.187 e. The van der Waals surface area contributed by atoms with Crippen molar-refractivity contribution in [3.8, 4) is 0 Å². The van der Waals surface area contributed by atoms with Crippen LogP contribution in [0.15, 0.2) is 59.8 Å².